The second kappa shape index (κ2) is 14.8. The highest BCUT2D eigenvalue weighted by Gasteiger charge is 2.36. The summed E-state index contributed by atoms with van der Waals surface area (Å²) < 4.78 is 11.3. The molecular weight excluding hydrogens is 628 g/mol. The smallest absolute Gasteiger partial charge is 0.407 e. The Balaban J connectivity index is 1.54. The number of hydrogen-bond donors (Lipinski definition) is 3. The fourth-order valence-electron chi connectivity index (χ4n) is 5.43. The number of halogens is 1. The largest absolute Gasteiger partial charge is 0.444 e. The van der Waals surface area contributed by atoms with Crippen molar-refractivity contribution in [1.29, 1.82) is 0 Å². The number of anilines is 1. The number of aromatic nitrogens is 3. The van der Waals surface area contributed by atoms with Gasteiger partial charge in [-0.25, -0.2) is 4.79 Å². The molecule has 1 aliphatic carbocycles. The number of nitrogens with zero attached hydrogens (tertiary/aromatic N) is 3. The first-order valence-corrected chi connectivity index (χ1v) is 15.6. The first-order chi connectivity index (χ1) is 20.9. The number of H-pyrrole nitrogens is 1. The first kappa shape index (κ1) is 33.1. The van der Waals surface area contributed by atoms with Crippen LogP contribution in [0.25, 0.3) is 11.4 Å². The van der Waals surface area contributed by atoms with Crippen LogP contribution in [0.2, 0.25) is 0 Å². The van der Waals surface area contributed by atoms with Gasteiger partial charge < -0.3 is 25.5 Å². The molecule has 3 aromatic rings. The van der Waals surface area contributed by atoms with Crippen molar-refractivity contribution in [3.8, 4) is 11.4 Å². The molecule has 1 fully saturated rings. The zero-order chi connectivity index (χ0) is 31.9. The maximum atomic E-state index is 14.2. The fraction of sp³-hybridized carbons (Fsp3) is 0.469. The summed E-state index contributed by atoms with van der Waals surface area (Å²) in [5, 5.41) is 11.1. The molecule has 0 saturated heterocycles. The number of aromatic amines is 1. The zero-order valence-corrected chi connectivity index (χ0v) is 27.2. The molecule has 0 bridgehead atoms. The van der Waals surface area contributed by atoms with Gasteiger partial charge in [0.05, 0.1) is 0 Å². The normalized spacial score (nSPS) is 17.5. The van der Waals surface area contributed by atoms with E-state index in [1.54, 1.807) is 24.1 Å². The summed E-state index contributed by atoms with van der Waals surface area (Å²) in [5.74, 6) is 0.387. The number of rotatable bonds is 11. The Bertz CT molecular complexity index is 1430. The highest BCUT2D eigenvalue weighted by molar-refractivity contribution is 9.10. The van der Waals surface area contributed by atoms with Crippen molar-refractivity contribution in [3.05, 3.63) is 64.4 Å². The van der Waals surface area contributed by atoms with E-state index in [-0.39, 0.29) is 24.2 Å². The maximum absolute atomic E-state index is 14.2. The highest BCUT2D eigenvalue weighted by atomic mass is 79.9. The summed E-state index contributed by atoms with van der Waals surface area (Å²) in [6, 6.07) is 14.0. The van der Waals surface area contributed by atoms with Crippen molar-refractivity contribution >= 4 is 39.5 Å². The number of benzene rings is 2. The summed E-state index contributed by atoms with van der Waals surface area (Å²) in [4.78, 5) is 44.0. The topological polar surface area (TPSA) is 153 Å². The molecule has 12 heteroatoms. The number of nitrogens with one attached hydrogen (secondary N) is 2. The molecule has 1 aromatic heterocycles. The molecule has 4 N–H and O–H groups in total. The van der Waals surface area contributed by atoms with Crippen molar-refractivity contribution in [2.45, 2.75) is 71.1 Å². The van der Waals surface area contributed by atoms with Crippen molar-refractivity contribution in [3.63, 3.8) is 0 Å². The van der Waals surface area contributed by atoms with E-state index < -0.39 is 23.6 Å². The third-order valence-electron chi connectivity index (χ3n) is 7.56. The lowest BCUT2D eigenvalue weighted by Crippen LogP contribution is -2.52. The van der Waals surface area contributed by atoms with E-state index in [4.69, 9.17) is 15.2 Å². The fourth-order valence-corrected chi connectivity index (χ4v) is 5.87. The van der Waals surface area contributed by atoms with Crippen LogP contribution in [0.3, 0.4) is 0 Å². The summed E-state index contributed by atoms with van der Waals surface area (Å²) in [6.45, 7) is 6.27. The van der Waals surface area contributed by atoms with E-state index >= 15 is 0 Å². The number of amides is 3. The molecule has 44 heavy (non-hydrogen) atoms. The molecule has 1 atom stereocenters. The number of hydrogen-bond acceptors (Lipinski definition) is 7. The Labute approximate surface area is 266 Å². The van der Waals surface area contributed by atoms with Gasteiger partial charge in [0.2, 0.25) is 11.8 Å². The quantitative estimate of drug-likeness (QED) is 0.256. The van der Waals surface area contributed by atoms with Crippen LogP contribution in [0.4, 0.5) is 10.5 Å². The Morgan fingerprint density at radius 2 is 1.80 bits per heavy atom. The maximum Gasteiger partial charge on any atom is 0.407 e. The van der Waals surface area contributed by atoms with E-state index in [0.29, 0.717) is 43.3 Å². The predicted molar refractivity (Wildman–Crippen MR) is 171 cm³/mol. The van der Waals surface area contributed by atoms with Crippen LogP contribution < -0.4 is 16.0 Å². The molecule has 1 aliphatic rings. The third-order valence-corrected chi connectivity index (χ3v) is 8.05. The van der Waals surface area contributed by atoms with Gasteiger partial charge in [-0.2, -0.15) is 0 Å². The molecule has 11 nitrogen and oxygen atoms in total. The molecule has 1 saturated carbocycles. The van der Waals surface area contributed by atoms with Crippen LogP contribution in [0.15, 0.2) is 53.0 Å². The van der Waals surface area contributed by atoms with Crippen molar-refractivity contribution in [2.75, 3.05) is 18.6 Å². The van der Waals surface area contributed by atoms with E-state index in [9.17, 15) is 14.4 Å². The molecular formula is C32H41BrN6O5. The van der Waals surface area contributed by atoms with Crippen LogP contribution in [0.5, 0.6) is 0 Å². The summed E-state index contributed by atoms with van der Waals surface area (Å²) in [6.07, 6.45) is 2.62. The van der Waals surface area contributed by atoms with Crippen molar-refractivity contribution in [2.24, 2.45) is 17.6 Å². The average Bonchev–Trinajstić information content (AvgIpc) is 3.44. The number of carbonyl (C=O) groups excluding carboxylic acids is 3. The Kier molecular flexibility index (Phi) is 11.1. The van der Waals surface area contributed by atoms with E-state index in [2.05, 4.69) is 36.4 Å². The molecule has 3 amide bonds. The minimum atomic E-state index is -0.896. The van der Waals surface area contributed by atoms with Gasteiger partial charge in [0.15, 0.2) is 11.6 Å². The van der Waals surface area contributed by atoms with E-state index in [1.165, 1.54) is 0 Å². The van der Waals surface area contributed by atoms with Gasteiger partial charge >= 0.3 is 6.09 Å². The number of alkyl carbamates (subject to hydrolysis) is 1. The summed E-state index contributed by atoms with van der Waals surface area (Å²) >= 11 is 3.49. The Morgan fingerprint density at radius 3 is 2.41 bits per heavy atom. The van der Waals surface area contributed by atoms with Gasteiger partial charge in [0.25, 0.3) is 0 Å². The monoisotopic (exact) mass is 668 g/mol. The van der Waals surface area contributed by atoms with Gasteiger partial charge in [0.1, 0.15) is 18.2 Å². The molecule has 0 spiro atoms. The average molecular weight is 670 g/mol. The number of methoxy groups -OCH3 is 1. The molecule has 0 unspecified atom stereocenters. The summed E-state index contributed by atoms with van der Waals surface area (Å²) in [7, 11) is 1.58. The van der Waals surface area contributed by atoms with Gasteiger partial charge in [-0.15, -0.1) is 10.2 Å². The minimum Gasteiger partial charge on any atom is -0.444 e. The molecule has 1 heterocycles. The Hall–Kier alpha value is -3.77. The van der Waals surface area contributed by atoms with Crippen LogP contribution in [-0.4, -0.2) is 58.4 Å². The van der Waals surface area contributed by atoms with Crippen LogP contribution in [0.1, 0.15) is 57.8 Å². The standard InChI is InChI=1S/C32H41BrN6O5/c1-32(2,3)44-31(42)35-18-20-8-10-23(11-9-20)30(41)39(26(28(34)40)17-21-6-5-7-24(33)16-21)25-14-12-22(13-15-25)29-36-27(19-43-4)37-38-29/h5-7,12-16,20,23,26H,8-11,17-19H2,1-4H3,(H2,34,40)(H,35,42)(H,36,37,38)/t20-,23-,26-/m0/s1. The van der Waals surface area contributed by atoms with Crippen LogP contribution >= 0.6 is 15.9 Å². The van der Waals surface area contributed by atoms with Gasteiger partial charge in [-0.1, -0.05) is 28.1 Å². The number of primary amides is 1. The third kappa shape index (κ3) is 9.12. The minimum absolute atomic E-state index is 0.142. The number of carbonyl (C=O) groups is 3. The van der Waals surface area contributed by atoms with E-state index in [1.807, 2.05) is 57.2 Å². The predicted octanol–water partition coefficient (Wildman–Crippen LogP) is 5.14. The molecule has 2 aromatic carbocycles. The Morgan fingerprint density at radius 1 is 1.09 bits per heavy atom. The van der Waals surface area contributed by atoms with Gasteiger partial charge in [-0.3, -0.25) is 14.5 Å². The molecule has 0 aliphatic heterocycles. The number of nitrogens with two attached hydrogens (primary N) is 1. The van der Waals surface area contributed by atoms with Gasteiger partial charge in [0, 0.05) is 41.7 Å². The van der Waals surface area contributed by atoms with Crippen LogP contribution in [0, 0.1) is 11.8 Å². The molecule has 236 valence electrons. The zero-order valence-electron chi connectivity index (χ0n) is 25.6. The first-order valence-electron chi connectivity index (χ1n) is 14.8. The lowest BCUT2D eigenvalue weighted by molar-refractivity contribution is -0.127. The van der Waals surface area contributed by atoms with E-state index in [0.717, 1.165) is 28.4 Å². The molecule has 4 rings (SSSR count). The second-order valence-electron chi connectivity index (χ2n) is 12.2. The lowest BCUT2D eigenvalue weighted by Gasteiger charge is -2.36. The molecule has 0 radical (unpaired) electrons. The van der Waals surface area contributed by atoms with Crippen LogP contribution in [-0.2, 0) is 32.1 Å². The highest BCUT2D eigenvalue weighted by Crippen LogP contribution is 2.33. The SMILES string of the molecule is COCc1nnc(-c2ccc(N(C(=O)[C@H]3CC[C@H](CNC(=O)OC(C)(C)C)CC3)[C@@H](Cc3cccc(Br)c3)C(N)=O)cc2)[nH]1. The van der Waals surface area contributed by atoms with Gasteiger partial charge in [-0.05, 0) is 94.3 Å². The van der Waals surface area contributed by atoms with Crippen molar-refractivity contribution < 1.29 is 23.9 Å². The summed E-state index contributed by atoms with van der Waals surface area (Å²) in [5.41, 5.74) is 7.64. The number of ether oxygens (including phenoxy) is 2. The van der Waals surface area contributed by atoms with Crippen molar-refractivity contribution in [1.82, 2.24) is 20.5 Å². The second-order valence-corrected chi connectivity index (χ2v) is 13.1. The lowest BCUT2D eigenvalue weighted by atomic mass is 9.81.